The SMILES string of the molecule is Cc1cc(C)n(C2CCN(C(=O)c3cnc4c(c3)ncn4C3CCOCC3)C2)n1. The van der Waals surface area contributed by atoms with Crippen molar-refractivity contribution in [3.05, 3.63) is 41.6 Å². The third kappa shape index (κ3) is 3.31. The van der Waals surface area contributed by atoms with E-state index >= 15 is 0 Å². The summed E-state index contributed by atoms with van der Waals surface area (Å²) in [7, 11) is 0. The molecule has 0 N–H and O–H groups in total. The molecular weight excluding hydrogens is 368 g/mol. The molecule has 2 fully saturated rings. The minimum atomic E-state index is 0.0176. The average molecular weight is 394 g/mol. The second kappa shape index (κ2) is 7.26. The Morgan fingerprint density at radius 1 is 1.10 bits per heavy atom. The summed E-state index contributed by atoms with van der Waals surface area (Å²) in [6, 6.07) is 4.55. The summed E-state index contributed by atoms with van der Waals surface area (Å²) >= 11 is 0. The van der Waals surface area contributed by atoms with Gasteiger partial charge >= 0.3 is 0 Å². The van der Waals surface area contributed by atoms with Gasteiger partial charge in [0, 0.05) is 44.2 Å². The van der Waals surface area contributed by atoms with E-state index in [0.29, 0.717) is 18.2 Å². The largest absolute Gasteiger partial charge is 0.381 e. The van der Waals surface area contributed by atoms with E-state index in [4.69, 9.17) is 4.74 Å². The minimum absolute atomic E-state index is 0.0176. The molecule has 2 saturated heterocycles. The molecule has 1 unspecified atom stereocenters. The first kappa shape index (κ1) is 18.3. The molecule has 8 nitrogen and oxygen atoms in total. The van der Waals surface area contributed by atoms with Gasteiger partial charge in [-0.3, -0.25) is 9.48 Å². The summed E-state index contributed by atoms with van der Waals surface area (Å²) in [6.45, 7) is 7.02. The number of rotatable bonds is 3. The fraction of sp³-hybridized carbons (Fsp3) is 0.524. The van der Waals surface area contributed by atoms with Crippen LogP contribution in [0.3, 0.4) is 0 Å². The van der Waals surface area contributed by atoms with E-state index in [2.05, 4.69) is 37.3 Å². The molecule has 5 rings (SSSR count). The molecule has 0 radical (unpaired) electrons. The lowest BCUT2D eigenvalue weighted by molar-refractivity contribution is 0.0704. The van der Waals surface area contributed by atoms with E-state index < -0.39 is 0 Å². The van der Waals surface area contributed by atoms with E-state index in [-0.39, 0.29) is 11.9 Å². The van der Waals surface area contributed by atoms with E-state index in [1.807, 2.05) is 24.2 Å². The summed E-state index contributed by atoms with van der Waals surface area (Å²) in [5.41, 5.74) is 4.38. The smallest absolute Gasteiger partial charge is 0.255 e. The Bertz CT molecular complexity index is 1050. The minimum Gasteiger partial charge on any atom is -0.381 e. The maximum absolute atomic E-state index is 13.1. The molecule has 5 heterocycles. The fourth-order valence-electron chi connectivity index (χ4n) is 4.59. The molecule has 3 aromatic heterocycles. The summed E-state index contributed by atoms with van der Waals surface area (Å²) in [4.78, 5) is 24.1. The van der Waals surface area contributed by atoms with Crippen molar-refractivity contribution >= 4 is 17.1 Å². The third-order valence-corrected chi connectivity index (χ3v) is 6.09. The molecular formula is C21H26N6O2. The Hall–Kier alpha value is -2.74. The molecule has 29 heavy (non-hydrogen) atoms. The first-order valence-electron chi connectivity index (χ1n) is 10.3. The highest BCUT2D eigenvalue weighted by Crippen LogP contribution is 2.27. The predicted molar refractivity (Wildman–Crippen MR) is 108 cm³/mol. The van der Waals surface area contributed by atoms with Gasteiger partial charge < -0.3 is 14.2 Å². The van der Waals surface area contributed by atoms with Crippen LogP contribution in [0.1, 0.15) is 53.1 Å². The topological polar surface area (TPSA) is 78.1 Å². The Balaban J connectivity index is 1.34. The molecule has 3 aromatic rings. The molecule has 2 aliphatic rings. The highest BCUT2D eigenvalue weighted by molar-refractivity contribution is 5.96. The number of hydrogen-bond acceptors (Lipinski definition) is 5. The zero-order valence-corrected chi connectivity index (χ0v) is 16.9. The van der Waals surface area contributed by atoms with Gasteiger partial charge in [-0.1, -0.05) is 0 Å². The van der Waals surface area contributed by atoms with Crippen molar-refractivity contribution in [1.29, 1.82) is 0 Å². The first-order valence-corrected chi connectivity index (χ1v) is 10.3. The summed E-state index contributed by atoms with van der Waals surface area (Å²) in [5, 5.41) is 4.59. The van der Waals surface area contributed by atoms with Crippen molar-refractivity contribution < 1.29 is 9.53 Å². The molecule has 152 valence electrons. The van der Waals surface area contributed by atoms with E-state index in [1.165, 1.54) is 0 Å². The van der Waals surface area contributed by atoms with Crippen LogP contribution in [0.4, 0.5) is 0 Å². The van der Waals surface area contributed by atoms with Crippen molar-refractivity contribution in [2.75, 3.05) is 26.3 Å². The number of fused-ring (bicyclic) bond motifs is 1. The van der Waals surface area contributed by atoms with Crippen LogP contribution in [0.25, 0.3) is 11.2 Å². The Morgan fingerprint density at radius 3 is 2.69 bits per heavy atom. The van der Waals surface area contributed by atoms with Crippen molar-refractivity contribution in [3.8, 4) is 0 Å². The van der Waals surface area contributed by atoms with Gasteiger partial charge in [0.25, 0.3) is 5.91 Å². The number of aromatic nitrogens is 5. The van der Waals surface area contributed by atoms with Gasteiger partial charge in [-0.25, -0.2) is 9.97 Å². The summed E-state index contributed by atoms with van der Waals surface area (Å²) in [5.74, 6) is 0.0176. The second-order valence-corrected chi connectivity index (χ2v) is 8.13. The quantitative estimate of drug-likeness (QED) is 0.683. The molecule has 0 aliphatic carbocycles. The molecule has 0 bridgehead atoms. The third-order valence-electron chi connectivity index (χ3n) is 6.09. The standard InChI is InChI=1S/C21H26N6O2/c1-14-9-15(2)27(24-14)18-3-6-25(12-18)21(28)16-10-19-20(22-11-16)26(13-23-19)17-4-7-29-8-5-17/h9-11,13,17-18H,3-8,12H2,1-2H3. The van der Waals surface area contributed by atoms with Gasteiger partial charge in [0.15, 0.2) is 5.65 Å². The van der Waals surface area contributed by atoms with E-state index in [9.17, 15) is 4.79 Å². The number of amides is 1. The van der Waals surface area contributed by atoms with Crippen molar-refractivity contribution in [2.45, 2.75) is 45.2 Å². The van der Waals surface area contributed by atoms with Crippen LogP contribution >= 0.6 is 0 Å². The van der Waals surface area contributed by atoms with Gasteiger partial charge in [0.05, 0.1) is 23.6 Å². The lowest BCUT2D eigenvalue weighted by Gasteiger charge is -2.23. The van der Waals surface area contributed by atoms with Gasteiger partial charge in [0.2, 0.25) is 0 Å². The lowest BCUT2D eigenvalue weighted by atomic mass is 10.1. The lowest BCUT2D eigenvalue weighted by Crippen LogP contribution is -2.29. The summed E-state index contributed by atoms with van der Waals surface area (Å²) in [6.07, 6.45) is 6.39. The van der Waals surface area contributed by atoms with Crippen LogP contribution in [-0.4, -0.2) is 61.4 Å². The number of aryl methyl sites for hydroxylation is 2. The zero-order valence-electron chi connectivity index (χ0n) is 16.9. The Labute approximate surface area is 169 Å². The van der Waals surface area contributed by atoms with Gasteiger partial charge in [-0.2, -0.15) is 5.10 Å². The van der Waals surface area contributed by atoms with Crippen molar-refractivity contribution in [2.24, 2.45) is 0 Å². The first-order chi connectivity index (χ1) is 14.1. The molecule has 0 aromatic carbocycles. The normalized spacial score (nSPS) is 20.6. The number of carbonyl (C=O) groups excluding carboxylic acids is 1. The number of carbonyl (C=O) groups is 1. The molecule has 0 saturated carbocycles. The van der Waals surface area contributed by atoms with Gasteiger partial charge in [-0.15, -0.1) is 0 Å². The van der Waals surface area contributed by atoms with Gasteiger partial charge in [0.1, 0.15) is 5.52 Å². The number of hydrogen-bond donors (Lipinski definition) is 0. The summed E-state index contributed by atoms with van der Waals surface area (Å²) < 4.78 is 9.64. The molecule has 1 atom stereocenters. The number of ether oxygens (including phenoxy) is 1. The highest BCUT2D eigenvalue weighted by Gasteiger charge is 2.30. The molecule has 1 amide bonds. The Kier molecular flexibility index (Phi) is 4.58. The number of imidazole rings is 1. The van der Waals surface area contributed by atoms with Crippen molar-refractivity contribution in [1.82, 2.24) is 29.2 Å². The van der Waals surface area contributed by atoms with Crippen LogP contribution < -0.4 is 0 Å². The Morgan fingerprint density at radius 2 is 1.93 bits per heavy atom. The number of nitrogens with zero attached hydrogens (tertiary/aromatic N) is 6. The van der Waals surface area contributed by atoms with Crippen LogP contribution in [0.2, 0.25) is 0 Å². The van der Waals surface area contributed by atoms with E-state index in [0.717, 1.165) is 61.6 Å². The van der Waals surface area contributed by atoms with Crippen molar-refractivity contribution in [3.63, 3.8) is 0 Å². The predicted octanol–water partition coefficient (Wildman–Crippen LogP) is 2.68. The van der Waals surface area contributed by atoms with Gasteiger partial charge in [-0.05, 0) is 45.2 Å². The second-order valence-electron chi connectivity index (χ2n) is 8.13. The monoisotopic (exact) mass is 394 g/mol. The van der Waals surface area contributed by atoms with Crippen LogP contribution in [0.5, 0.6) is 0 Å². The highest BCUT2D eigenvalue weighted by atomic mass is 16.5. The van der Waals surface area contributed by atoms with E-state index in [1.54, 1.807) is 6.20 Å². The molecule has 2 aliphatic heterocycles. The van der Waals surface area contributed by atoms with Crippen LogP contribution in [0.15, 0.2) is 24.7 Å². The number of likely N-dealkylation sites (tertiary alicyclic amines) is 1. The molecule has 8 heteroatoms. The average Bonchev–Trinajstić information content (AvgIpc) is 3.45. The fourth-order valence-corrected chi connectivity index (χ4v) is 4.59. The van der Waals surface area contributed by atoms with Crippen LogP contribution in [0, 0.1) is 13.8 Å². The number of pyridine rings is 1. The maximum atomic E-state index is 13.1. The van der Waals surface area contributed by atoms with Crippen LogP contribution in [-0.2, 0) is 4.74 Å². The molecule has 0 spiro atoms. The zero-order chi connectivity index (χ0) is 20.0. The maximum Gasteiger partial charge on any atom is 0.255 e.